The maximum atomic E-state index is 6.21. The monoisotopic (exact) mass is 575 g/mol. The van der Waals surface area contributed by atoms with Crippen LogP contribution >= 0.6 is 24.0 Å². The van der Waals surface area contributed by atoms with E-state index < -0.39 is 0 Å². The summed E-state index contributed by atoms with van der Waals surface area (Å²) in [5.41, 5.74) is 4.49. The first-order valence-electron chi connectivity index (χ1n) is 11.7. The number of hydrogen-bond donors (Lipinski definition) is 2. The predicted octanol–water partition coefficient (Wildman–Crippen LogP) is 4.26. The number of aryl methyl sites for hydroxylation is 1. The van der Waals surface area contributed by atoms with Crippen molar-refractivity contribution < 1.29 is 9.47 Å². The van der Waals surface area contributed by atoms with Gasteiger partial charge in [-0.05, 0) is 49.6 Å². The van der Waals surface area contributed by atoms with Gasteiger partial charge >= 0.3 is 0 Å². The molecular weight excluding hydrogens is 541 g/mol. The van der Waals surface area contributed by atoms with E-state index in [9.17, 15) is 0 Å². The van der Waals surface area contributed by atoms with Gasteiger partial charge in [-0.15, -0.1) is 24.0 Å². The normalized spacial score (nSPS) is 15.6. The van der Waals surface area contributed by atoms with Gasteiger partial charge in [-0.1, -0.05) is 30.3 Å². The average Bonchev–Trinajstić information content (AvgIpc) is 3.51. The maximum Gasteiger partial charge on any atom is 0.191 e. The number of halogens is 1. The Kier molecular flexibility index (Phi) is 10.2. The topological polar surface area (TPSA) is 72.7 Å². The van der Waals surface area contributed by atoms with E-state index in [1.165, 1.54) is 11.1 Å². The summed E-state index contributed by atoms with van der Waals surface area (Å²) in [4.78, 5) is 4.79. The molecule has 0 amide bonds. The molecule has 8 heteroatoms. The minimum absolute atomic E-state index is 0. The van der Waals surface area contributed by atoms with E-state index in [2.05, 4.69) is 54.0 Å². The first-order valence-corrected chi connectivity index (χ1v) is 11.7. The quantitative estimate of drug-likeness (QED) is 0.227. The number of aliphatic imine (C=N–C) groups is 1. The summed E-state index contributed by atoms with van der Waals surface area (Å²) in [5, 5.41) is 11.2. The molecule has 2 N–H and O–H groups in total. The Morgan fingerprint density at radius 1 is 1.21 bits per heavy atom. The summed E-state index contributed by atoms with van der Waals surface area (Å²) in [7, 11) is 0. The van der Waals surface area contributed by atoms with E-state index in [1.807, 2.05) is 41.2 Å². The third kappa shape index (κ3) is 7.46. The van der Waals surface area contributed by atoms with Crippen LogP contribution in [0.1, 0.15) is 30.0 Å². The lowest BCUT2D eigenvalue weighted by Crippen LogP contribution is -2.38. The van der Waals surface area contributed by atoms with Gasteiger partial charge in [0.15, 0.2) is 5.96 Å². The fourth-order valence-corrected chi connectivity index (χ4v) is 3.73. The van der Waals surface area contributed by atoms with Gasteiger partial charge < -0.3 is 20.1 Å². The molecule has 1 aliphatic rings. The number of guanidine groups is 1. The Bertz CT molecular complexity index is 1050. The third-order valence-corrected chi connectivity index (χ3v) is 5.52. The van der Waals surface area contributed by atoms with Crippen LogP contribution in [0.25, 0.3) is 5.69 Å². The van der Waals surface area contributed by atoms with Gasteiger partial charge in [-0.25, -0.2) is 9.67 Å². The van der Waals surface area contributed by atoms with Crippen molar-refractivity contribution in [2.45, 2.75) is 39.3 Å². The lowest BCUT2D eigenvalue weighted by Gasteiger charge is -2.16. The van der Waals surface area contributed by atoms with Crippen LogP contribution in [-0.4, -0.2) is 48.1 Å². The van der Waals surface area contributed by atoms with Crippen molar-refractivity contribution in [1.29, 1.82) is 0 Å². The summed E-state index contributed by atoms with van der Waals surface area (Å²) >= 11 is 0. The second kappa shape index (κ2) is 13.3. The minimum atomic E-state index is 0. The molecule has 1 unspecified atom stereocenters. The number of nitrogens with one attached hydrogen (secondary N) is 2. The number of ether oxygens (including phenoxy) is 2. The number of nitrogens with zero attached hydrogens (tertiary/aromatic N) is 3. The molecule has 0 spiro atoms. The van der Waals surface area contributed by atoms with Crippen LogP contribution in [0.3, 0.4) is 0 Å². The van der Waals surface area contributed by atoms with Crippen LogP contribution in [0.5, 0.6) is 5.75 Å². The molecule has 1 saturated heterocycles. The SMILES string of the molecule is CCNC(=NCc1ccc(C)cc1OC1CCOC1)NCCc1cnn(-c2ccccc2)c1.I. The standard InChI is InChI=1S/C26H33N5O2.HI/c1-3-27-26(28-13-11-21-16-30-31(18-21)23-7-5-4-6-8-23)29-17-22-10-9-20(2)15-25(22)33-24-12-14-32-19-24;/h4-10,15-16,18,24H,3,11-14,17,19H2,1-2H3,(H2,27,28,29);1H. The number of hydrogen-bond acceptors (Lipinski definition) is 4. The van der Waals surface area contributed by atoms with Crippen molar-refractivity contribution in [1.82, 2.24) is 20.4 Å². The summed E-state index contributed by atoms with van der Waals surface area (Å²) in [6.07, 6.45) is 5.91. The van der Waals surface area contributed by atoms with Crippen molar-refractivity contribution in [3.8, 4) is 11.4 Å². The molecule has 1 fully saturated rings. The van der Waals surface area contributed by atoms with Crippen LogP contribution in [0.15, 0.2) is 65.9 Å². The number of benzene rings is 2. The molecule has 0 bridgehead atoms. The first kappa shape index (κ1) is 26.0. The Hall–Kier alpha value is -2.59. The minimum Gasteiger partial charge on any atom is -0.488 e. The zero-order valence-electron chi connectivity index (χ0n) is 19.9. The molecule has 1 aromatic heterocycles. The Labute approximate surface area is 219 Å². The molecule has 0 radical (unpaired) electrons. The number of rotatable bonds is 9. The van der Waals surface area contributed by atoms with Crippen LogP contribution in [0, 0.1) is 6.92 Å². The highest BCUT2D eigenvalue weighted by atomic mass is 127. The highest BCUT2D eigenvalue weighted by Gasteiger charge is 2.18. The summed E-state index contributed by atoms with van der Waals surface area (Å²) in [6, 6.07) is 16.4. The largest absolute Gasteiger partial charge is 0.488 e. The van der Waals surface area contributed by atoms with Gasteiger partial charge in [-0.2, -0.15) is 5.10 Å². The van der Waals surface area contributed by atoms with Crippen molar-refractivity contribution in [3.05, 3.63) is 77.6 Å². The first-order chi connectivity index (χ1) is 16.2. The van der Waals surface area contributed by atoms with E-state index in [0.29, 0.717) is 13.2 Å². The number of aromatic nitrogens is 2. The summed E-state index contributed by atoms with van der Waals surface area (Å²) < 4.78 is 13.6. The molecule has 182 valence electrons. The second-order valence-electron chi connectivity index (χ2n) is 8.22. The van der Waals surface area contributed by atoms with Gasteiger partial charge in [0.2, 0.25) is 0 Å². The summed E-state index contributed by atoms with van der Waals surface area (Å²) in [6.45, 7) is 7.69. The summed E-state index contributed by atoms with van der Waals surface area (Å²) in [5.74, 6) is 1.70. The zero-order valence-corrected chi connectivity index (χ0v) is 22.2. The fraction of sp³-hybridized carbons (Fsp3) is 0.385. The lowest BCUT2D eigenvalue weighted by atomic mass is 10.1. The Balaban J connectivity index is 0.00000324. The van der Waals surface area contributed by atoms with Crippen LogP contribution in [0.4, 0.5) is 0 Å². The maximum absolute atomic E-state index is 6.21. The van der Waals surface area contributed by atoms with Crippen molar-refractivity contribution in [3.63, 3.8) is 0 Å². The zero-order chi connectivity index (χ0) is 22.9. The lowest BCUT2D eigenvalue weighted by molar-refractivity contribution is 0.140. The predicted molar refractivity (Wildman–Crippen MR) is 147 cm³/mol. The van der Waals surface area contributed by atoms with Crippen LogP contribution in [0.2, 0.25) is 0 Å². The molecule has 34 heavy (non-hydrogen) atoms. The van der Waals surface area contributed by atoms with E-state index in [1.54, 1.807) is 0 Å². The third-order valence-electron chi connectivity index (χ3n) is 5.52. The molecule has 1 aliphatic heterocycles. The van der Waals surface area contributed by atoms with Gasteiger partial charge in [0.1, 0.15) is 11.9 Å². The van der Waals surface area contributed by atoms with Gasteiger partial charge in [0.25, 0.3) is 0 Å². The van der Waals surface area contributed by atoms with E-state index >= 15 is 0 Å². The molecule has 3 aromatic rings. The Morgan fingerprint density at radius 2 is 2.06 bits per heavy atom. The van der Waals surface area contributed by atoms with Crippen molar-refractivity contribution in [2.24, 2.45) is 4.99 Å². The average molecular weight is 575 g/mol. The van der Waals surface area contributed by atoms with E-state index in [0.717, 1.165) is 55.5 Å². The van der Waals surface area contributed by atoms with E-state index in [-0.39, 0.29) is 30.1 Å². The van der Waals surface area contributed by atoms with Crippen molar-refractivity contribution in [2.75, 3.05) is 26.3 Å². The van der Waals surface area contributed by atoms with Crippen LogP contribution in [-0.2, 0) is 17.7 Å². The molecule has 0 aliphatic carbocycles. The fourth-order valence-electron chi connectivity index (χ4n) is 3.73. The molecule has 1 atom stereocenters. The van der Waals surface area contributed by atoms with Crippen LogP contribution < -0.4 is 15.4 Å². The molecule has 7 nitrogen and oxygen atoms in total. The van der Waals surface area contributed by atoms with Gasteiger partial charge in [-0.3, -0.25) is 0 Å². The Morgan fingerprint density at radius 3 is 2.82 bits per heavy atom. The molecule has 2 heterocycles. The van der Waals surface area contributed by atoms with Crippen molar-refractivity contribution >= 4 is 29.9 Å². The molecule has 0 saturated carbocycles. The highest BCUT2D eigenvalue weighted by molar-refractivity contribution is 14.0. The van der Waals surface area contributed by atoms with E-state index in [4.69, 9.17) is 14.5 Å². The molecule has 2 aromatic carbocycles. The van der Waals surface area contributed by atoms with Gasteiger partial charge in [0.05, 0.1) is 31.6 Å². The van der Waals surface area contributed by atoms with Gasteiger partial charge in [0, 0.05) is 31.3 Å². The molecule has 4 rings (SSSR count). The number of para-hydroxylation sites is 1. The molecular formula is C26H34IN5O2. The smallest absolute Gasteiger partial charge is 0.191 e. The highest BCUT2D eigenvalue weighted by Crippen LogP contribution is 2.24. The second-order valence-corrected chi connectivity index (χ2v) is 8.22.